The van der Waals surface area contributed by atoms with Crippen LogP contribution in [0.5, 0.6) is 0 Å². The van der Waals surface area contributed by atoms with E-state index in [0.29, 0.717) is 19.4 Å². The highest BCUT2D eigenvalue weighted by Crippen LogP contribution is 2.36. The number of fused-ring (bicyclic) bond motifs is 1. The van der Waals surface area contributed by atoms with Gasteiger partial charge in [0.15, 0.2) is 0 Å². The van der Waals surface area contributed by atoms with Gasteiger partial charge in [-0.05, 0) is 55.2 Å². The van der Waals surface area contributed by atoms with E-state index in [9.17, 15) is 13.6 Å². The Morgan fingerprint density at radius 2 is 1.78 bits per heavy atom. The quantitative estimate of drug-likeness (QED) is 0.859. The van der Waals surface area contributed by atoms with Crippen LogP contribution in [0.1, 0.15) is 61.6 Å². The number of nitrogens with zero attached hydrogens (tertiary/aromatic N) is 1. The molecule has 0 spiro atoms. The maximum Gasteiger partial charge on any atom is 0.248 e. The Morgan fingerprint density at radius 3 is 2.44 bits per heavy atom. The van der Waals surface area contributed by atoms with Gasteiger partial charge in [-0.3, -0.25) is 9.69 Å². The van der Waals surface area contributed by atoms with E-state index in [1.807, 2.05) is 0 Å². The number of nitrogens with one attached hydrogen (secondary N) is 1. The molecule has 1 aromatic rings. The molecule has 3 nitrogen and oxygen atoms in total. The van der Waals surface area contributed by atoms with Crippen molar-refractivity contribution >= 4 is 5.91 Å². The zero-order chi connectivity index (χ0) is 18.9. The minimum atomic E-state index is -2.58. The first-order valence-electron chi connectivity index (χ1n) is 10.5. The number of carbonyl (C=O) groups is 1. The number of hydrogen-bond acceptors (Lipinski definition) is 2. The van der Waals surface area contributed by atoms with Gasteiger partial charge in [0, 0.05) is 44.4 Å². The third kappa shape index (κ3) is 4.50. The van der Waals surface area contributed by atoms with E-state index in [4.69, 9.17) is 0 Å². The third-order valence-corrected chi connectivity index (χ3v) is 6.75. The van der Waals surface area contributed by atoms with Gasteiger partial charge in [-0.15, -0.1) is 0 Å². The number of rotatable bonds is 4. The van der Waals surface area contributed by atoms with Crippen LogP contribution in [0.2, 0.25) is 0 Å². The van der Waals surface area contributed by atoms with Gasteiger partial charge < -0.3 is 5.32 Å². The predicted octanol–water partition coefficient (Wildman–Crippen LogP) is 4.08. The van der Waals surface area contributed by atoms with Crippen LogP contribution < -0.4 is 5.32 Å². The Labute approximate surface area is 160 Å². The molecule has 1 aliphatic heterocycles. The summed E-state index contributed by atoms with van der Waals surface area (Å²) in [5, 5.41) is 2.97. The second-order valence-corrected chi connectivity index (χ2v) is 8.57. The van der Waals surface area contributed by atoms with Crippen LogP contribution in [-0.4, -0.2) is 35.9 Å². The standard InChI is InChI=1S/C22H30F2N2O/c23-22(24)10-6-18(7-11-22)21(27)25-15-16-4-5-17-8-12-26(20-2-1-3-20)13-9-19(17)14-16/h4-5,14,18,20H,1-3,6-13,15H2,(H,25,27). The number of alkyl halides is 2. The molecular weight excluding hydrogens is 346 g/mol. The lowest BCUT2D eigenvalue weighted by atomic mass is 9.86. The Bertz CT molecular complexity index is 677. The number of amides is 1. The van der Waals surface area contributed by atoms with E-state index in [0.717, 1.165) is 37.5 Å². The molecule has 2 aliphatic carbocycles. The Morgan fingerprint density at radius 1 is 1.07 bits per heavy atom. The normalized spacial score (nSPS) is 23.9. The van der Waals surface area contributed by atoms with Crippen molar-refractivity contribution in [1.82, 2.24) is 10.2 Å². The van der Waals surface area contributed by atoms with E-state index in [-0.39, 0.29) is 24.7 Å². The lowest BCUT2D eigenvalue weighted by Gasteiger charge is -2.36. The molecule has 4 rings (SSSR count). The molecule has 2 fully saturated rings. The van der Waals surface area contributed by atoms with E-state index < -0.39 is 5.92 Å². The topological polar surface area (TPSA) is 32.3 Å². The molecule has 0 saturated heterocycles. The van der Waals surface area contributed by atoms with Crippen molar-refractivity contribution in [1.29, 1.82) is 0 Å². The van der Waals surface area contributed by atoms with Crippen molar-refractivity contribution in [3.63, 3.8) is 0 Å². The largest absolute Gasteiger partial charge is 0.352 e. The van der Waals surface area contributed by atoms with Gasteiger partial charge in [0.1, 0.15) is 0 Å². The predicted molar refractivity (Wildman–Crippen MR) is 102 cm³/mol. The van der Waals surface area contributed by atoms with E-state index >= 15 is 0 Å². The van der Waals surface area contributed by atoms with Crippen LogP contribution in [0, 0.1) is 5.92 Å². The van der Waals surface area contributed by atoms with Crippen LogP contribution in [0.4, 0.5) is 8.78 Å². The van der Waals surface area contributed by atoms with Crippen molar-refractivity contribution < 1.29 is 13.6 Å². The third-order valence-electron chi connectivity index (χ3n) is 6.75. The molecule has 0 bridgehead atoms. The van der Waals surface area contributed by atoms with Crippen LogP contribution >= 0.6 is 0 Å². The van der Waals surface area contributed by atoms with E-state index in [1.54, 1.807) is 0 Å². The molecule has 3 aliphatic rings. The van der Waals surface area contributed by atoms with Gasteiger partial charge in [-0.2, -0.15) is 0 Å². The second-order valence-electron chi connectivity index (χ2n) is 8.57. The molecule has 1 aromatic carbocycles. The Hall–Kier alpha value is -1.49. The zero-order valence-corrected chi connectivity index (χ0v) is 16.0. The highest BCUT2D eigenvalue weighted by molar-refractivity contribution is 5.78. The molecule has 1 N–H and O–H groups in total. The van der Waals surface area contributed by atoms with Gasteiger partial charge in [0.2, 0.25) is 11.8 Å². The van der Waals surface area contributed by atoms with Gasteiger partial charge in [0.25, 0.3) is 0 Å². The molecule has 5 heteroatoms. The van der Waals surface area contributed by atoms with Gasteiger partial charge >= 0.3 is 0 Å². The molecule has 0 aromatic heterocycles. The van der Waals surface area contributed by atoms with Crippen molar-refractivity contribution in [2.24, 2.45) is 5.92 Å². The lowest BCUT2D eigenvalue weighted by molar-refractivity contribution is -0.129. The fourth-order valence-corrected chi connectivity index (χ4v) is 4.66. The van der Waals surface area contributed by atoms with Crippen molar-refractivity contribution in [3.8, 4) is 0 Å². The molecule has 0 atom stereocenters. The molecular formula is C22H30F2N2O. The van der Waals surface area contributed by atoms with Crippen LogP contribution in [-0.2, 0) is 24.2 Å². The summed E-state index contributed by atoms with van der Waals surface area (Å²) in [5.41, 5.74) is 3.95. The van der Waals surface area contributed by atoms with Gasteiger partial charge in [-0.25, -0.2) is 8.78 Å². The number of carbonyl (C=O) groups excluding carboxylic acids is 1. The highest BCUT2D eigenvalue weighted by atomic mass is 19.3. The first-order chi connectivity index (χ1) is 13.0. The Balaban J connectivity index is 1.30. The minimum absolute atomic E-state index is 0.0726. The summed E-state index contributed by atoms with van der Waals surface area (Å²) in [6.45, 7) is 2.77. The molecule has 148 valence electrons. The second kappa shape index (κ2) is 7.86. The summed E-state index contributed by atoms with van der Waals surface area (Å²) in [6, 6.07) is 7.34. The first kappa shape index (κ1) is 18.9. The minimum Gasteiger partial charge on any atom is -0.352 e. The average Bonchev–Trinajstić information content (AvgIpc) is 2.81. The number of hydrogen-bond donors (Lipinski definition) is 1. The lowest BCUT2D eigenvalue weighted by Crippen LogP contribution is -2.41. The number of halogens is 2. The Kier molecular flexibility index (Phi) is 5.49. The highest BCUT2D eigenvalue weighted by Gasteiger charge is 2.37. The summed E-state index contributed by atoms with van der Waals surface area (Å²) in [6.07, 6.45) is 6.50. The summed E-state index contributed by atoms with van der Waals surface area (Å²) in [4.78, 5) is 15.0. The molecule has 27 heavy (non-hydrogen) atoms. The molecule has 2 saturated carbocycles. The molecule has 0 unspecified atom stereocenters. The summed E-state index contributed by atoms with van der Waals surface area (Å²) in [5.74, 6) is -2.92. The van der Waals surface area contributed by atoms with E-state index in [1.165, 1.54) is 30.4 Å². The fourth-order valence-electron chi connectivity index (χ4n) is 4.66. The summed E-state index contributed by atoms with van der Waals surface area (Å²) < 4.78 is 26.5. The van der Waals surface area contributed by atoms with Crippen molar-refractivity contribution in [3.05, 3.63) is 34.9 Å². The number of benzene rings is 1. The van der Waals surface area contributed by atoms with Crippen molar-refractivity contribution in [2.75, 3.05) is 13.1 Å². The van der Waals surface area contributed by atoms with Crippen LogP contribution in [0.25, 0.3) is 0 Å². The average molecular weight is 376 g/mol. The van der Waals surface area contributed by atoms with Gasteiger partial charge in [-0.1, -0.05) is 24.6 Å². The smallest absolute Gasteiger partial charge is 0.248 e. The van der Waals surface area contributed by atoms with E-state index in [2.05, 4.69) is 28.4 Å². The monoisotopic (exact) mass is 376 g/mol. The maximum atomic E-state index is 13.3. The maximum absolute atomic E-state index is 13.3. The molecule has 0 radical (unpaired) electrons. The molecule has 1 amide bonds. The zero-order valence-electron chi connectivity index (χ0n) is 16.0. The van der Waals surface area contributed by atoms with Crippen molar-refractivity contribution in [2.45, 2.75) is 76.3 Å². The molecule has 1 heterocycles. The fraction of sp³-hybridized carbons (Fsp3) is 0.682. The van der Waals surface area contributed by atoms with Gasteiger partial charge in [0.05, 0.1) is 0 Å². The SMILES string of the molecule is O=C(NCc1ccc2c(c1)CCN(C1CCC1)CC2)C1CCC(F)(F)CC1. The van der Waals surface area contributed by atoms with Crippen LogP contribution in [0.3, 0.4) is 0 Å². The summed E-state index contributed by atoms with van der Waals surface area (Å²) in [7, 11) is 0. The van der Waals surface area contributed by atoms with Crippen LogP contribution in [0.15, 0.2) is 18.2 Å². The first-order valence-corrected chi connectivity index (χ1v) is 10.5. The summed E-state index contributed by atoms with van der Waals surface area (Å²) >= 11 is 0.